The molecule has 0 aliphatic heterocycles. The van der Waals surface area contributed by atoms with Crippen LogP contribution < -0.4 is 20.6 Å². The van der Waals surface area contributed by atoms with E-state index >= 15 is 0 Å². The molecule has 11 heteroatoms. The van der Waals surface area contributed by atoms with Gasteiger partial charge in [-0.15, -0.1) is 0 Å². The Labute approximate surface area is 234 Å². The van der Waals surface area contributed by atoms with Crippen molar-refractivity contribution in [1.29, 1.82) is 0 Å². The van der Waals surface area contributed by atoms with Crippen molar-refractivity contribution in [2.24, 2.45) is 0 Å². The van der Waals surface area contributed by atoms with E-state index in [-0.39, 0.29) is 5.56 Å². The van der Waals surface area contributed by atoms with Gasteiger partial charge in [0.25, 0.3) is 11.1 Å². The highest BCUT2D eigenvalue weighted by Crippen LogP contribution is 2.30. The van der Waals surface area contributed by atoms with Crippen molar-refractivity contribution in [3.63, 3.8) is 0 Å². The van der Waals surface area contributed by atoms with E-state index < -0.39 is 34.4 Å². The minimum Gasteiger partial charge on any atom is -0.506 e. The summed E-state index contributed by atoms with van der Waals surface area (Å²) in [6, 6.07) is 15.5. The molecule has 11 nitrogen and oxygen atoms in total. The number of aromatic hydroxyl groups is 1. The number of hydrogen-bond acceptors (Lipinski definition) is 7. The number of pyridine rings is 2. The number of aromatic amines is 2. The molecule has 0 saturated carbocycles. The number of hydrogen-bond donors (Lipinski definition) is 5. The zero-order valence-corrected chi connectivity index (χ0v) is 22.9. The van der Waals surface area contributed by atoms with Gasteiger partial charge in [-0.2, -0.15) is 0 Å². The molecule has 2 heterocycles. The Morgan fingerprint density at radius 1 is 0.732 bits per heavy atom. The number of methoxy groups -OCH3 is 2. The number of rotatable bonds is 8. The summed E-state index contributed by atoms with van der Waals surface area (Å²) < 4.78 is 10.1. The number of nitrogens with one attached hydrogen (secondary N) is 2. The molecule has 4 aromatic rings. The maximum atomic E-state index is 11.8. The summed E-state index contributed by atoms with van der Waals surface area (Å²) >= 11 is 0. The Balaban J connectivity index is 0.000000226. The van der Waals surface area contributed by atoms with Crippen LogP contribution in [0, 0.1) is 0 Å². The van der Waals surface area contributed by atoms with Crippen LogP contribution in [0.5, 0.6) is 17.2 Å². The third-order valence-electron chi connectivity index (χ3n) is 6.35. The second kappa shape index (κ2) is 13.2. The first-order valence-electron chi connectivity index (χ1n) is 12.6. The molecule has 0 aliphatic rings. The topological polar surface area (TPSA) is 179 Å². The molecule has 5 N–H and O–H groups in total. The van der Waals surface area contributed by atoms with E-state index in [1.165, 1.54) is 6.07 Å². The molecular formula is C30H30N2O9. The van der Waals surface area contributed by atoms with Crippen LogP contribution in [0.2, 0.25) is 0 Å². The smallest absolute Gasteiger partial charge is 0.345 e. The van der Waals surface area contributed by atoms with E-state index in [1.54, 1.807) is 57.5 Å². The van der Waals surface area contributed by atoms with Crippen molar-refractivity contribution in [2.75, 3.05) is 14.2 Å². The van der Waals surface area contributed by atoms with Gasteiger partial charge in [-0.1, -0.05) is 13.8 Å². The summed E-state index contributed by atoms with van der Waals surface area (Å²) in [6.45, 7) is 3.68. The fourth-order valence-corrected chi connectivity index (χ4v) is 4.20. The maximum Gasteiger partial charge on any atom is 0.345 e. The number of carboxylic acids is 2. The van der Waals surface area contributed by atoms with Gasteiger partial charge in [-0.25, -0.2) is 9.59 Å². The number of aromatic nitrogens is 2. The lowest BCUT2D eigenvalue weighted by molar-refractivity contribution is 0.0682. The highest BCUT2D eigenvalue weighted by molar-refractivity contribution is 5.92. The predicted octanol–water partition coefficient (Wildman–Crippen LogP) is 4.33. The van der Waals surface area contributed by atoms with Crippen molar-refractivity contribution in [2.45, 2.75) is 26.7 Å². The molecule has 0 aliphatic carbocycles. The second-order valence-corrected chi connectivity index (χ2v) is 8.72. The van der Waals surface area contributed by atoms with Crippen molar-refractivity contribution < 1.29 is 34.4 Å². The molecule has 41 heavy (non-hydrogen) atoms. The van der Waals surface area contributed by atoms with Crippen LogP contribution in [0.4, 0.5) is 0 Å². The van der Waals surface area contributed by atoms with Gasteiger partial charge in [0.05, 0.1) is 25.6 Å². The number of aryl methyl sites for hydroxylation is 1. The van der Waals surface area contributed by atoms with Crippen molar-refractivity contribution in [3.05, 3.63) is 97.6 Å². The van der Waals surface area contributed by atoms with Gasteiger partial charge in [0, 0.05) is 5.56 Å². The van der Waals surface area contributed by atoms with Gasteiger partial charge in [-0.3, -0.25) is 9.59 Å². The lowest BCUT2D eigenvalue weighted by atomic mass is 10.0. The summed E-state index contributed by atoms with van der Waals surface area (Å²) in [5.41, 5.74) is 1.41. The van der Waals surface area contributed by atoms with E-state index in [4.69, 9.17) is 19.7 Å². The van der Waals surface area contributed by atoms with Crippen molar-refractivity contribution >= 4 is 11.9 Å². The minimum atomic E-state index is -1.45. The Morgan fingerprint density at radius 3 is 1.63 bits per heavy atom. The van der Waals surface area contributed by atoms with Crippen LogP contribution in [-0.2, 0) is 12.8 Å². The third kappa shape index (κ3) is 6.64. The highest BCUT2D eigenvalue weighted by Gasteiger charge is 2.21. The quantitative estimate of drug-likeness (QED) is 0.209. The summed E-state index contributed by atoms with van der Waals surface area (Å²) in [5, 5.41) is 28.0. The fraction of sp³-hybridized carbons (Fsp3) is 0.200. The predicted molar refractivity (Wildman–Crippen MR) is 152 cm³/mol. The summed E-state index contributed by atoms with van der Waals surface area (Å²) in [7, 11) is 3.12. The van der Waals surface area contributed by atoms with Gasteiger partial charge < -0.3 is 34.8 Å². The van der Waals surface area contributed by atoms with Gasteiger partial charge in [0.2, 0.25) is 0 Å². The highest BCUT2D eigenvalue weighted by atomic mass is 16.5. The molecular weight excluding hydrogens is 532 g/mol. The monoisotopic (exact) mass is 562 g/mol. The number of benzene rings is 2. The number of carboxylic acid groups (broad SMARTS) is 2. The molecule has 0 fully saturated rings. The van der Waals surface area contributed by atoms with Gasteiger partial charge in [0.1, 0.15) is 22.8 Å². The van der Waals surface area contributed by atoms with E-state index in [0.717, 1.165) is 16.9 Å². The molecule has 0 atom stereocenters. The minimum absolute atomic E-state index is 0.237. The number of aromatic carboxylic acids is 2. The molecule has 0 radical (unpaired) electrons. The van der Waals surface area contributed by atoms with E-state index in [1.807, 2.05) is 19.1 Å². The van der Waals surface area contributed by atoms with Gasteiger partial charge in [0.15, 0.2) is 5.56 Å². The van der Waals surface area contributed by atoms with Crippen molar-refractivity contribution in [1.82, 2.24) is 9.97 Å². The summed E-state index contributed by atoms with van der Waals surface area (Å²) in [5.74, 6) is -1.78. The normalized spacial score (nSPS) is 10.3. The molecule has 2 aromatic carbocycles. The molecule has 0 saturated heterocycles. The first-order chi connectivity index (χ1) is 19.6. The summed E-state index contributed by atoms with van der Waals surface area (Å²) in [6.07, 6.45) is 1.00. The SMILES string of the molecule is CCc1c(-c2ccc(OC)cc2)[nH]c(=O)c(C(=O)O)c1O.CCc1cc(C(=O)O)c(=O)[nH]c1-c1ccc(OC)cc1. The first-order valence-corrected chi connectivity index (χ1v) is 12.6. The van der Waals surface area contributed by atoms with Crippen LogP contribution in [0.15, 0.2) is 64.2 Å². The Hall–Kier alpha value is -5.32. The van der Waals surface area contributed by atoms with Crippen LogP contribution in [0.25, 0.3) is 22.5 Å². The molecule has 4 rings (SSSR count). The standard InChI is InChI=1S/C15H15NO5.C15H15NO4/c1-3-10-12(8-4-6-9(21-2)7-5-8)16-14(18)11(13(10)17)15(19)20;1-3-9-8-12(15(18)19)14(17)16-13(9)10-4-6-11(20-2)7-5-10/h4-7H,3H2,1-2H3,(H,19,20)(H2,16,17,18);4-8H,3H2,1-2H3,(H,16,17)(H,18,19). The molecule has 2 aromatic heterocycles. The average Bonchev–Trinajstić information content (AvgIpc) is 2.96. The Morgan fingerprint density at radius 2 is 1.22 bits per heavy atom. The Bertz CT molecular complexity index is 1670. The van der Waals surface area contributed by atoms with E-state index in [2.05, 4.69) is 9.97 Å². The zero-order valence-electron chi connectivity index (χ0n) is 22.9. The van der Waals surface area contributed by atoms with Crippen LogP contribution in [0.1, 0.15) is 45.7 Å². The van der Waals surface area contributed by atoms with Gasteiger partial charge in [-0.05, 0) is 84.1 Å². The largest absolute Gasteiger partial charge is 0.506 e. The zero-order chi connectivity index (χ0) is 30.3. The van der Waals surface area contributed by atoms with E-state index in [9.17, 15) is 24.3 Å². The maximum absolute atomic E-state index is 11.8. The average molecular weight is 563 g/mol. The fourth-order valence-electron chi connectivity index (χ4n) is 4.20. The number of carbonyl (C=O) groups is 2. The van der Waals surface area contributed by atoms with Crippen LogP contribution in [0.3, 0.4) is 0 Å². The molecule has 214 valence electrons. The second-order valence-electron chi connectivity index (χ2n) is 8.72. The van der Waals surface area contributed by atoms with Crippen LogP contribution in [-0.4, -0.2) is 51.4 Å². The number of ether oxygens (including phenoxy) is 2. The molecule has 0 spiro atoms. The summed E-state index contributed by atoms with van der Waals surface area (Å²) in [4.78, 5) is 50.8. The molecule has 0 amide bonds. The third-order valence-corrected chi connectivity index (χ3v) is 6.35. The Kier molecular flexibility index (Phi) is 9.70. The molecule has 0 unspecified atom stereocenters. The van der Waals surface area contributed by atoms with Gasteiger partial charge >= 0.3 is 11.9 Å². The number of H-pyrrole nitrogens is 2. The lowest BCUT2D eigenvalue weighted by Gasteiger charge is -2.12. The lowest BCUT2D eigenvalue weighted by Crippen LogP contribution is -2.20. The molecule has 0 bridgehead atoms. The first kappa shape index (κ1) is 30.2. The van der Waals surface area contributed by atoms with E-state index in [0.29, 0.717) is 41.1 Å². The van der Waals surface area contributed by atoms with Crippen LogP contribution >= 0.6 is 0 Å². The van der Waals surface area contributed by atoms with Crippen molar-refractivity contribution in [3.8, 4) is 39.8 Å².